The Bertz CT molecular complexity index is 836. The molecule has 1 fully saturated rings. The summed E-state index contributed by atoms with van der Waals surface area (Å²) in [6.45, 7) is 3.21. The van der Waals surface area contributed by atoms with E-state index in [1.54, 1.807) is 10.0 Å². The number of carbonyl (C=O) groups excluding carboxylic acids is 1. The number of hydrogen-bond donors (Lipinski definition) is 0. The minimum atomic E-state index is -0.152. The van der Waals surface area contributed by atoms with Gasteiger partial charge in [-0.3, -0.25) is 9.80 Å². The smallest absolute Gasteiger partial charge is 0.244 e. The molecule has 0 aliphatic carbocycles. The van der Waals surface area contributed by atoms with E-state index >= 15 is 0 Å². The van der Waals surface area contributed by atoms with Crippen molar-refractivity contribution < 1.29 is 4.79 Å². The lowest BCUT2D eigenvalue weighted by molar-refractivity contribution is -0.133. The molecule has 2 heterocycles. The minimum absolute atomic E-state index is 0.0749. The summed E-state index contributed by atoms with van der Waals surface area (Å²) in [5.41, 5.74) is 2.20. The first-order valence-electron chi connectivity index (χ1n) is 9.36. The lowest BCUT2D eigenvalue weighted by Crippen LogP contribution is -2.51. The Labute approximate surface area is 169 Å². The highest BCUT2D eigenvalue weighted by Gasteiger charge is 2.32. The largest absolute Gasteiger partial charge is 0.368 e. The van der Waals surface area contributed by atoms with Crippen LogP contribution in [0.15, 0.2) is 65.0 Å². The van der Waals surface area contributed by atoms with Crippen LogP contribution in [0.5, 0.6) is 0 Å². The van der Waals surface area contributed by atoms with Crippen LogP contribution >= 0.6 is 11.6 Å². The van der Waals surface area contributed by atoms with Crippen LogP contribution in [0.25, 0.3) is 0 Å². The van der Waals surface area contributed by atoms with Gasteiger partial charge in [0, 0.05) is 43.9 Å². The number of hydrogen-bond acceptors (Lipinski definition) is 6. The summed E-state index contributed by atoms with van der Waals surface area (Å²) in [7, 11) is 1.87. The molecule has 8 heteroatoms. The van der Waals surface area contributed by atoms with Crippen molar-refractivity contribution in [1.82, 2.24) is 14.9 Å². The molecular formula is C20H23ClN6O. The van der Waals surface area contributed by atoms with Gasteiger partial charge in [0.2, 0.25) is 5.91 Å². The van der Waals surface area contributed by atoms with Crippen LogP contribution in [-0.4, -0.2) is 60.6 Å². The van der Waals surface area contributed by atoms with Crippen LogP contribution < -0.4 is 4.90 Å². The summed E-state index contributed by atoms with van der Waals surface area (Å²) in [6.07, 6.45) is -0.152. The van der Waals surface area contributed by atoms with Crippen molar-refractivity contribution in [2.75, 3.05) is 44.7 Å². The Hall–Kier alpha value is -2.80. The fraction of sp³-hybridized carbons (Fsp3) is 0.350. The van der Waals surface area contributed by atoms with Gasteiger partial charge in [-0.15, -0.1) is 0 Å². The van der Waals surface area contributed by atoms with Crippen molar-refractivity contribution in [1.29, 1.82) is 0 Å². The second-order valence-electron chi connectivity index (χ2n) is 6.98. The van der Waals surface area contributed by atoms with E-state index in [1.807, 2.05) is 66.5 Å². The van der Waals surface area contributed by atoms with E-state index < -0.39 is 0 Å². The molecule has 1 amide bonds. The summed E-state index contributed by atoms with van der Waals surface area (Å²) >= 11 is 5.97. The second-order valence-corrected chi connectivity index (χ2v) is 7.42. The van der Waals surface area contributed by atoms with E-state index in [2.05, 4.69) is 15.3 Å². The first kappa shape index (κ1) is 18.6. The standard InChI is InChI=1S/C20H23ClN6O/c1-24-20(16-5-3-2-4-6-16)27(23-22-24)15-19(28)26-13-11-25(12-14-26)18-9-7-17(21)8-10-18/h2-10,20H,11-15H2,1H3. The van der Waals surface area contributed by atoms with Gasteiger partial charge in [0.1, 0.15) is 6.54 Å². The minimum Gasteiger partial charge on any atom is -0.368 e. The molecule has 0 aromatic heterocycles. The predicted octanol–water partition coefficient (Wildman–Crippen LogP) is 3.22. The lowest BCUT2D eigenvalue weighted by Gasteiger charge is -2.37. The van der Waals surface area contributed by atoms with E-state index in [-0.39, 0.29) is 18.6 Å². The first-order chi connectivity index (χ1) is 13.6. The van der Waals surface area contributed by atoms with Crippen molar-refractivity contribution >= 4 is 23.2 Å². The van der Waals surface area contributed by atoms with E-state index in [9.17, 15) is 4.79 Å². The van der Waals surface area contributed by atoms with Gasteiger partial charge in [-0.2, -0.15) is 0 Å². The number of amides is 1. The molecule has 1 atom stereocenters. The Morgan fingerprint density at radius 1 is 1.00 bits per heavy atom. The highest BCUT2D eigenvalue weighted by Crippen LogP contribution is 2.29. The number of piperazine rings is 1. The topological polar surface area (TPSA) is 54.8 Å². The van der Waals surface area contributed by atoms with Gasteiger partial charge in [-0.1, -0.05) is 52.4 Å². The fourth-order valence-corrected chi connectivity index (χ4v) is 3.77. The number of anilines is 1. The van der Waals surface area contributed by atoms with Crippen LogP contribution in [0.3, 0.4) is 0 Å². The van der Waals surface area contributed by atoms with Gasteiger partial charge in [0.05, 0.1) is 0 Å². The zero-order valence-corrected chi connectivity index (χ0v) is 16.5. The first-order valence-corrected chi connectivity index (χ1v) is 9.74. The quantitative estimate of drug-likeness (QED) is 0.793. The van der Waals surface area contributed by atoms with Crippen LogP contribution in [0.2, 0.25) is 5.02 Å². The van der Waals surface area contributed by atoms with Crippen molar-refractivity contribution in [2.45, 2.75) is 6.17 Å². The Morgan fingerprint density at radius 3 is 2.36 bits per heavy atom. The van der Waals surface area contributed by atoms with Crippen molar-refractivity contribution in [3.05, 3.63) is 65.2 Å². The van der Waals surface area contributed by atoms with Crippen LogP contribution in [0.4, 0.5) is 5.69 Å². The second kappa shape index (κ2) is 8.06. The van der Waals surface area contributed by atoms with Gasteiger partial charge < -0.3 is 9.80 Å². The van der Waals surface area contributed by atoms with E-state index in [4.69, 9.17) is 11.6 Å². The SMILES string of the molecule is CN1N=NN(CC(=O)N2CCN(c3ccc(Cl)cc3)CC2)C1c1ccccc1. The Morgan fingerprint density at radius 2 is 1.68 bits per heavy atom. The number of carbonyl (C=O) groups is 1. The maximum Gasteiger partial charge on any atom is 0.244 e. The third kappa shape index (κ3) is 3.89. The summed E-state index contributed by atoms with van der Waals surface area (Å²) in [5, 5.41) is 12.6. The molecule has 2 aromatic carbocycles. The van der Waals surface area contributed by atoms with Crippen molar-refractivity contribution in [3.8, 4) is 0 Å². The van der Waals surface area contributed by atoms with Gasteiger partial charge in [0.15, 0.2) is 6.17 Å². The Kier molecular flexibility index (Phi) is 5.34. The molecule has 1 unspecified atom stereocenters. The zero-order valence-electron chi connectivity index (χ0n) is 15.8. The molecule has 0 N–H and O–H groups in total. The molecule has 0 radical (unpaired) electrons. The van der Waals surface area contributed by atoms with E-state index in [0.29, 0.717) is 13.1 Å². The average Bonchev–Trinajstić information content (AvgIpc) is 3.09. The predicted molar refractivity (Wildman–Crippen MR) is 109 cm³/mol. The molecule has 2 aliphatic rings. The fourth-order valence-electron chi connectivity index (χ4n) is 3.64. The van der Waals surface area contributed by atoms with Gasteiger partial charge >= 0.3 is 0 Å². The average molecular weight is 399 g/mol. The lowest BCUT2D eigenvalue weighted by atomic mass is 10.1. The molecule has 2 aliphatic heterocycles. The van der Waals surface area contributed by atoms with Crippen LogP contribution in [0.1, 0.15) is 11.7 Å². The highest BCUT2D eigenvalue weighted by atomic mass is 35.5. The normalized spacial score (nSPS) is 19.4. The van der Waals surface area contributed by atoms with Gasteiger partial charge in [0.25, 0.3) is 0 Å². The van der Waals surface area contributed by atoms with Crippen molar-refractivity contribution in [3.63, 3.8) is 0 Å². The van der Waals surface area contributed by atoms with Crippen LogP contribution in [0, 0.1) is 0 Å². The van der Waals surface area contributed by atoms with Gasteiger partial charge in [-0.25, -0.2) is 5.01 Å². The summed E-state index contributed by atoms with van der Waals surface area (Å²) in [5.74, 6) is 0.0749. The van der Waals surface area contributed by atoms with E-state index in [1.165, 1.54) is 0 Å². The molecule has 4 rings (SSSR count). The summed E-state index contributed by atoms with van der Waals surface area (Å²) in [4.78, 5) is 17.0. The zero-order chi connectivity index (χ0) is 19.5. The third-order valence-electron chi connectivity index (χ3n) is 5.15. The molecule has 146 valence electrons. The molecule has 0 bridgehead atoms. The summed E-state index contributed by atoms with van der Waals surface area (Å²) < 4.78 is 0. The molecule has 1 saturated heterocycles. The molecule has 0 spiro atoms. The van der Waals surface area contributed by atoms with E-state index in [0.717, 1.165) is 29.4 Å². The van der Waals surface area contributed by atoms with Crippen molar-refractivity contribution in [2.24, 2.45) is 10.4 Å². The maximum atomic E-state index is 12.9. The maximum absolute atomic E-state index is 12.9. The summed E-state index contributed by atoms with van der Waals surface area (Å²) in [6, 6.07) is 17.8. The molecule has 2 aromatic rings. The molecule has 7 nitrogen and oxygen atoms in total. The monoisotopic (exact) mass is 398 g/mol. The Balaban J connectivity index is 1.35. The number of rotatable bonds is 4. The van der Waals surface area contributed by atoms with Gasteiger partial charge in [-0.05, 0) is 29.8 Å². The third-order valence-corrected chi connectivity index (χ3v) is 5.40. The number of halogens is 1. The highest BCUT2D eigenvalue weighted by molar-refractivity contribution is 6.30. The molecular weight excluding hydrogens is 376 g/mol. The number of benzene rings is 2. The number of nitrogens with zero attached hydrogens (tertiary/aromatic N) is 6. The molecule has 0 saturated carbocycles. The van der Waals surface area contributed by atoms with Crippen LogP contribution in [-0.2, 0) is 4.79 Å². The molecule has 28 heavy (non-hydrogen) atoms.